The third-order valence-electron chi connectivity index (χ3n) is 2.61. The van der Waals surface area contributed by atoms with E-state index in [4.69, 9.17) is 0 Å². The Hall–Kier alpha value is -1.28. The maximum atomic E-state index is 13.3. The van der Waals surface area contributed by atoms with E-state index < -0.39 is 5.66 Å². The van der Waals surface area contributed by atoms with Gasteiger partial charge in [-0.25, -0.2) is 4.98 Å². The number of aromatic nitrogens is 2. The second kappa shape index (κ2) is 3.88. The minimum atomic E-state index is -2.93. The fourth-order valence-corrected chi connectivity index (χ4v) is 1.91. The monoisotopic (exact) mass is 254 g/mol. The molecule has 0 aliphatic heterocycles. The summed E-state index contributed by atoms with van der Waals surface area (Å²) in [6.07, 6.45) is 3.06. The zero-order valence-electron chi connectivity index (χ0n) is 9.67. The van der Waals surface area contributed by atoms with Crippen molar-refractivity contribution < 1.29 is 8.78 Å². The van der Waals surface area contributed by atoms with E-state index in [9.17, 15) is 8.78 Å². The number of fused-ring (bicyclic) bond motifs is 1. The van der Waals surface area contributed by atoms with Crippen molar-refractivity contribution in [2.24, 2.45) is 0 Å². The van der Waals surface area contributed by atoms with E-state index in [0.717, 1.165) is 16.8 Å². The summed E-state index contributed by atoms with van der Waals surface area (Å²) in [5, 5.41) is 0. The summed E-state index contributed by atoms with van der Waals surface area (Å²) in [5.74, 6) is 0. The summed E-state index contributed by atoms with van der Waals surface area (Å²) >= 11 is 0. The summed E-state index contributed by atoms with van der Waals surface area (Å²) < 4.78 is 28.3. The van der Waals surface area contributed by atoms with E-state index in [1.807, 2.05) is 6.92 Å². The molecule has 1 unspecified atom stereocenters. The molecule has 0 spiro atoms. The number of allylic oxidation sites excluding steroid dienone is 1. The molecule has 2 rings (SSSR count). The molecule has 0 aromatic carbocycles. The number of pyridine rings is 1. The van der Waals surface area contributed by atoms with Gasteiger partial charge in [0.2, 0.25) is 0 Å². The van der Waals surface area contributed by atoms with Gasteiger partial charge < -0.3 is 0 Å². The molecule has 0 amide bonds. The minimum Gasteiger partial charge on any atom is -0.299 e. The first kappa shape index (κ1) is 12.2. The molecule has 0 radical (unpaired) electrons. The number of hydrogen-bond acceptors (Lipinski definition) is 1. The standard InChI is InChI=1S/C12H13F2N2P/c1-7(2)10-5-15-11-8(3)4-9(6-16(10)11)12(13,14)17/h4-6H,1,17H2,2-3H3. The van der Waals surface area contributed by atoms with Gasteiger partial charge in [0.05, 0.1) is 11.9 Å². The summed E-state index contributed by atoms with van der Waals surface area (Å²) in [7, 11) is 1.55. The molecule has 0 fully saturated rings. The molecule has 2 aromatic heterocycles. The lowest BCUT2D eigenvalue weighted by Crippen LogP contribution is -2.06. The van der Waals surface area contributed by atoms with E-state index >= 15 is 0 Å². The number of alkyl halides is 2. The smallest absolute Gasteiger partial charge is 0.285 e. The fraction of sp³-hybridized carbons (Fsp3) is 0.250. The average molecular weight is 254 g/mol. The second-order valence-corrected chi connectivity index (χ2v) is 4.88. The van der Waals surface area contributed by atoms with Gasteiger partial charge in [0.25, 0.3) is 5.66 Å². The van der Waals surface area contributed by atoms with E-state index in [2.05, 4.69) is 11.6 Å². The Bertz CT molecular complexity index is 596. The molecule has 0 bridgehead atoms. The zero-order valence-corrected chi connectivity index (χ0v) is 10.8. The van der Waals surface area contributed by atoms with Gasteiger partial charge in [-0.1, -0.05) is 15.8 Å². The number of imidazole rings is 1. The molecule has 0 aliphatic rings. The Labute approximate surface area is 101 Å². The average Bonchev–Trinajstić information content (AvgIpc) is 2.60. The minimum absolute atomic E-state index is 0.0481. The van der Waals surface area contributed by atoms with Gasteiger partial charge in [-0.2, -0.15) is 8.78 Å². The number of halogens is 2. The molecule has 2 nitrogen and oxygen atoms in total. The maximum Gasteiger partial charge on any atom is 0.285 e. The first-order valence-electron chi connectivity index (χ1n) is 5.11. The van der Waals surface area contributed by atoms with Crippen molar-refractivity contribution in [3.8, 4) is 0 Å². The van der Waals surface area contributed by atoms with Gasteiger partial charge in [0, 0.05) is 11.8 Å². The Morgan fingerprint density at radius 3 is 2.71 bits per heavy atom. The highest BCUT2D eigenvalue weighted by Crippen LogP contribution is 2.35. The molecule has 0 saturated carbocycles. The highest BCUT2D eigenvalue weighted by molar-refractivity contribution is 7.17. The van der Waals surface area contributed by atoms with Crippen LogP contribution in [-0.4, -0.2) is 9.38 Å². The van der Waals surface area contributed by atoms with Crippen LogP contribution in [0.5, 0.6) is 0 Å². The summed E-state index contributed by atoms with van der Waals surface area (Å²) in [6.45, 7) is 7.41. The summed E-state index contributed by atoms with van der Waals surface area (Å²) in [5.41, 5.74) is -0.0401. The van der Waals surface area contributed by atoms with Crippen LogP contribution in [-0.2, 0) is 5.66 Å². The van der Waals surface area contributed by atoms with Gasteiger partial charge in [-0.15, -0.1) is 0 Å². The maximum absolute atomic E-state index is 13.3. The van der Waals surface area contributed by atoms with Crippen molar-refractivity contribution in [3.05, 3.63) is 41.9 Å². The van der Waals surface area contributed by atoms with Crippen LogP contribution >= 0.6 is 9.24 Å². The quantitative estimate of drug-likeness (QED) is 0.748. The highest BCUT2D eigenvalue weighted by atomic mass is 31.0. The molecule has 17 heavy (non-hydrogen) atoms. The molecular formula is C12H13F2N2P. The number of rotatable bonds is 2. The van der Waals surface area contributed by atoms with E-state index in [1.54, 1.807) is 26.8 Å². The Kier molecular flexibility index (Phi) is 2.78. The van der Waals surface area contributed by atoms with Crippen LogP contribution in [0.3, 0.4) is 0 Å². The van der Waals surface area contributed by atoms with Gasteiger partial charge in [-0.05, 0) is 31.1 Å². The topological polar surface area (TPSA) is 17.3 Å². The molecule has 0 aliphatic carbocycles. The van der Waals surface area contributed by atoms with Crippen LogP contribution in [0.25, 0.3) is 11.2 Å². The van der Waals surface area contributed by atoms with E-state index in [0.29, 0.717) is 5.65 Å². The molecule has 0 N–H and O–H groups in total. The van der Waals surface area contributed by atoms with Crippen LogP contribution in [0.2, 0.25) is 0 Å². The van der Waals surface area contributed by atoms with Gasteiger partial charge in [0.1, 0.15) is 5.65 Å². The Morgan fingerprint density at radius 1 is 1.53 bits per heavy atom. The fourth-order valence-electron chi connectivity index (χ4n) is 1.76. The Balaban J connectivity index is 2.78. The zero-order chi connectivity index (χ0) is 12.8. The molecule has 2 aromatic rings. The normalized spacial score (nSPS) is 12.1. The SMILES string of the molecule is C=C(C)c1cnc2c(C)cc(C(F)(F)P)cn12. The van der Waals surface area contributed by atoms with E-state index in [-0.39, 0.29) is 5.56 Å². The largest absolute Gasteiger partial charge is 0.299 e. The second-order valence-electron chi connectivity index (χ2n) is 4.15. The number of nitrogens with zero attached hydrogens (tertiary/aromatic N) is 2. The molecular weight excluding hydrogens is 241 g/mol. The lowest BCUT2D eigenvalue weighted by Gasteiger charge is -2.13. The third kappa shape index (κ3) is 2.09. The Morgan fingerprint density at radius 2 is 2.18 bits per heavy atom. The summed E-state index contributed by atoms with van der Waals surface area (Å²) in [4.78, 5) is 4.21. The van der Waals surface area contributed by atoms with Gasteiger partial charge >= 0.3 is 0 Å². The van der Waals surface area contributed by atoms with Crippen molar-refractivity contribution in [3.63, 3.8) is 0 Å². The first-order chi connectivity index (χ1) is 7.80. The van der Waals surface area contributed by atoms with Crippen LogP contribution in [0.4, 0.5) is 8.78 Å². The first-order valence-corrected chi connectivity index (χ1v) is 5.69. The number of hydrogen-bond donors (Lipinski definition) is 0. The molecule has 5 heteroatoms. The highest BCUT2D eigenvalue weighted by Gasteiger charge is 2.26. The van der Waals surface area contributed by atoms with Crippen LogP contribution in [0.15, 0.2) is 25.0 Å². The number of aryl methyl sites for hydroxylation is 1. The van der Waals surface area contributed by atoms with E-state index in [1.165, 1.54) is 12.3 Å². The van der Waals surface area contributed by atoms with Crippen molar-refractivity contribution in [2.75, 3.05) is 0 Å². The van der Waals surface area contributed by atoms with Crippen molar-refractivity contribution in [1.82, 2.24) is 9.38 Å². The summed E-state index contributed by atoms with van der Waals surface area (Å²) in [6, 6.07) is 1.46. The van der Waals surface area contributed by atoms with Crippen LogP contribution in [0.1, 0.15) is 23.7 Å². The van der Waals surface area contributed by atoms with Crippen LogP contribution < -0.4 is 0 Å². The predicted octanol–water partition coefficient (Wildman–Crippen LogP) is 3.60. The molecule has 0 saturated heterocycles. The van der Waals surface area contributed by atoms with Crippen molar-refractivity contribution in [2.45, 2.75) is 19.5 Å². The molecule has 1 atom stereocenters. The van der Waals surface area contributed by atoms with Crippen molar-refractivity contribution >= 4 is 20.5 Å². The van der Waals surface area contributed by atoms with Gasteiger partial charge in [-0.3, -0.25) is 4.40 Å². The van der Waals surface area contributed by atoms with Gasteiger partial charge in [0.15, 0.2) is 0 Å². The lowest BCUT2D eigenvalue weighted by molar-refractivity contribution is 0.103. The molecule has 2 heterocycles. The predicted molar refractivity (Wildman–Crippen MR) is 68.2 cm³/mol. The van der Waals surface area contributed by atoms with Crippen LogP contribution in [0, 0.1) is 6.92 Å². The van der Waals surface area contributed by atoms with Crippen molar-refractivity contribution in [1.29, 1.82) is 0 Å². The lowest BCUT2D eigenvalue weighted by atomic mass is 10.2. The third-order valence-corrected chi connectivity index (χ3v) is 2.95. The molecule has 90 valence electrons.